The van der Waals surface area contributed by atoms with Crippen molar-refractivity contribution in [2.24, 2.45) is 5.92 Å². The molecule has 6 nitrogen and oxygen atoms in total. The molecule has 2 aliphatic rings. The van der Waals surface area contributed by atoms with Gasteiger partial charge < -0.3 is 9.72 Å². The van der Waals surface area contributed by atoms with E-state index in [-0.39, 0.29) is 30.0 Å². The van der Waals surface area contributed by atoms with E-state index in [4.69, 9.17) is 9.72 Å². The van der Waals surface area contributed by atoms with Gasteiger partial charge in [-0.05, 0) is 49.8 Å². The molecule has 2 atom stereocenters. The Bertz CT molecular complexity index is 1350. The molecule has 164 valence electrons. The van der Waals surface area contributed by atoms with Crippen molar-refractivity contribution in [2.75, 3.05) is 0 Å². The number of thiophene rings is 1. The molecule has 3 aromatic heterocycles. The molecule has 0 radical (unpaired) electrons. The van der Waals surface area contributed by atoms with Crippen LogP contribution in [0.15, 0.2) is 29.1 Å². The van der Waals surface area contributed by atoms with Gasteiger partial charge in [-0.2, -0.15) is 0 Å². The molecule has 0 amide bonds. The molecule has 1 saturated carbocycles. The predicted molar refractivity (Wildman–Crippen MR) is 126 cm³/mol. The van der Waals surface area contributed by atoms with Gasteiger partial charge >= 0.3 is 5.97 Å². The lowest BCUT2D eigenvalue weighted by molar-refractivity contribution is -0.152. The van der Waals surface area contributed by atoms with E-state index in [1.807, 2.05) is 18.2 Å². The van der Waals surface area contributed by atoms with Gasteiger partial charge in [0.15, 0.2) is 0 Å². The number of rotatable bonds is 4. The van der Waals surface area contributed by atoms with E-state index in [0.29, 0.717) is 5.82 Å². The highest BCUT2D eigenvalue weighted by atomic mass is 32.1. The number of hydrogen-bond donors (Lipinski definition) is 1. The monoisotopic (exact) mass is 465 g/mol. The van der Waals surface area contributed by atoms with Crippen LogP contribution >= 0.6 is 22.7 Å². The summed E-state index contributed by atoms with van der Waals surface area (Å²) >= 11 is 3.27. The number of ether oxygens (including phenoxy) is 1. The Balaban J connectivity index is 1.21. The maximum Gasteiger partial charge on any atom is 0.310 e. The zero-order chi connectivity index (χ0) is 21.7. The van der Waals surface area contributed by atoms with E-state index in [9.17, 15) is 9.59 Å². The fraction of sp³-hybridized carbons (Fsp3) is 0.417. The Hall–Kier alpha value is -2.58. The number of para-hydroxylation sites is 1. The molecule has 0 saturated heterocycles. The van der Waals surface area contributed by atoms with Crippen molar-refractivity contribution >= 4 is 49.1 Å². The summed E-state index contributed by atoms with van der Waals surface area (Å²) in [5, 5.41) is 1.75. The van der Waals surface area contributed by atoms with E-state index in [0.717, 1.165) is 76.0 Å². The second-order valence-electron chi connectivity index (χ2n) is 8.68. The zero-order valence-corrected chi connectivity index (χ0v) is 19.2. The number of fused-ring (bicyclic) bond motifs is 4. The normalized spacial score (nSPS) is 20.6. The fourth-order valence-corrected chi connectivity index (χ4v) is 7.57. The van der Waals surface area contributed by atoms with E-state index in [1.165, 1.54) is 4.88 Å². The Kier molecular flexibility index (Phi) is 5.07. The van der Waals surface area contributed by atoms with Crippen LogP contribution in [0.4, 0.5) is 0 Å². The Morgan fingerprint density at radius 2 is 1.97 bits per heavy atom. The number of carbonyl (C=O) groups excluding carboxylic acids is 1. The van der Waals surface area contributed by atoms with Crippen molar-refractivity contribution in [2.45, 2.75) is 57.5 Å². The first-order chi connectivity index (χ1) is 15.7. The number of aryl methyl sites for hydroxylation is 2. The molecule has 0 bridgehead atoms. The number of H-pyrrole nitrogens is 1. The maximum absolute atomic E-state index is 13.1. The van der Waals surface area contributed by atoms with Crippen molar-refractivity contribution in [3.05, 3.63) is 55.9 Å². The number of thiazole rings is 1. The summed E-state index contributed by atoms with van der Waals surface area (Å²) in [5.41, 5.74) is 2.02. The second-order valence-corrected chi connectivity index (χ2v) is 10.8. The van der Waals surface area contributed by atoms with Gasteiger partial charge in [0.1, 0.15) is 17.3 Å². The summed E-state index contributed by atoms with van der Waals surface area (Å²) in [5.74, 6) is 0.0854. The van der Waals surface area contributed by atoms with Crippen LogP contribution in [-0.2, 0) is 29.0 Å². The smallest absolute Gasteiger partial charge is 0.310 e. The molecule has 1 fully saturated rings. The van der Waals surface area contributed by atoms with Crippen molar-refractivity contribution < 1.29 is 9.53 Å². The third-order valence-corrected chi connectivity index (χ3v) is 9.03. The molecule has 4 aromatic rings. The molecule has 0 unspecified atom stereocenters. The van der Waals surface area contributed by atoms with Gasteiger partial charge in [-0.25, -0.2) is 9.97 Å². The topological polar surface area (TPSA) is 84.9 Å². The first-order valence-corrected chi connectivity index (χ1v) is 12.9. The van der Waals surface area contributed by atoms with Crippen LogP contribution in [0.3, 0.4) is 0 Å². The largest absolute Gasteiger partial charge is 0.457 e. The van der Waals surface area contributed by atoms with E-state index in [1.54, 1.807) is 22.7 Å². The van der Waals surface area contributed by atoms with Crippen LogP contribution < -0.4 is 5.56 Å². The van der Waals surface area contributed by atoms with Gasteiger partial charge in [-0.3, -0.25) is 9.59 Å². The van der Waals surface area contributed by atoms with Crippen molar-refractivity contribution in [1.29, 1.82) is 0 Å². The summed E-state index contributed by atoms with van der Waals surface area (Å²) in [6.45, 7) is -0.00432. The summed E-state index contributed by atoms with van der Waals surface area (Å²) in [6, 6.07) is 8.10. The van der Waals surface area contributed by atoms with Crippen LogP contribution in [0.2, 0.25) is 0 Å². The van der Waals surface area contributed by atoms with Gasteiger partial charge in [-0.15, -0.1) is 22.7 Å². The highest BCUT2D eigenvalue weighted by Gasteiger charge is 2.35. The quantitative estimate of drug-likeness (QED) is 0.424. The van der Waals surface area contributed by atoms with Gasteiger partial charge in [-0.1, -0.05) is 25.0 Å². The zero-order valence-electron chi connectivity index (χ0n) is 17.6. The molecule has 0 spiro atoms. The molecular formula is C24H23N3O3S2. The first kappa shape index (κ1) is 20.1. The number of esters is 1. The number of hydrogen-bond acceptors (Lipinski definition) is 7. The van der Waals surface area contributed by atoms with E-state index >= 15 is 0 Å². The van der Waals surface area contributed by atoms with Crippen LogP contribution in [0, 0.1) is 5.92 Å². The minimum atomic E-state index is -0.217. The lowest BCUT2D eigenvalue weighted by Crippen LogP contribution is -2.28. The Labute approximate surface area is 192 Å². The maximum atomic E-state index is 13.1. The highest BCUT2D eigenvalue weighted by Crippen LogP contribution is 2.41. The average Bonchev–Trinajstić information content (AvgIpc) is 3.51. The van der Waals surface area contributed by atoms with Crippen LogP contribution in [-0.4, -0.2) is 20.9 Å². The highest BCUT2D eigenvalue weighted by molar-refractivity contribution is 7.19. The fourth-order valence-electron chi connectivity index (χ4n) is 5.12. The number of carbonyl (C=O) groups is 1. The van der Waals surface area contributed by atoms with E-state index in [2.05, 4.69) is 16.0 Å². The molecule has 1 aromatic carbocycles. The first-order valence-electron chi connectivity index (χ1n) is 11.2. The van der Waals surface area contributed by atoms with E-state index < -0.39 is 0 Å². The number of nitrogens with zero attached hydrogens (tertiary/aromatic N) is 2. The van der Waals surface area contributed by atoms with Crippen LogP contribution in [0.25, 0.3) is 20.4 Å². The standard InChI is InChI=1S/C24H23N3O3S2/c28-21-20-15-8-5-11-17(15)31-23(20)27-19(26-21)12-30-24(29)14-7-2-1-6-13(14)22-25-16-9-3-4-10-18(16)32-22/h3-4,9-10,13-14H,1-2,5-8,11-12H2,(H,26,27,28)/t13-,14+/m1/s1. The van der Waals surface area contributed by atoms with Gasteiger partial charge in [0.05, 0.1) is 26.5 Å². The predicted octanol–water partition coefficient (Wildman–Crippen LogP) is 5.10. The summed E-state index contributed by atoms with van der Waals surface area (Å²) in [7, 11) is 0. The lowest BCUT2D eigenvalue weighted by Gasteiger charge is -2.28. The average molecular weight is 466 g/mol. The van der Waals surface area contributed by atoms with Crippen LogP contribution in [0.1, 0.15) is 59.3 Å². The Morgan fingerprint density at radius 3 is 2.88 bits per heavy atom. The van der Waals surface area contributed by atoms with Crippen LogP contribution in [0.5, 0.6) is 0 Å². The number of nitrogens with one attached hydrogen (secondary N) is 1. The summed E-state index contributed by atoms with van der Waals surface area (Å²) in [4.78, 5) is 40.0. The molecule has 0 aliphatic heterocycles. The van der Waals surface area contributed by atoms with Gasteiger partial charge in [0.25, 0.3) is 5.56 Å². The second kappa shape index (κ2) is 8.08. The summed E-state index contributed by atoms with van der Waals surface area (Å²) < 4.78 is 6.84. The van der Waals surface area contributed by atoms with Crippen molar-refractivity contribution in [1.82, 2.24) is 15.0 Å². The minimum absolute atomic E-state index is 0.00432. The number of aromatic nitrogens is 3. The lowest BCUT2D eigenvalue weighted by atomic mass is 9.79. The molecule has 3 heterocycles. The number of aromatic amines is 1. The number of benzene rings is 1. The third kappa shape index (κ3) is 3.46. The van der Waals surface area contributed by atoms with Crippen molar-refractivity contribution in [3.8, 4) is 0 Å². The molecule has 1 N–H and O–H groups in total. The van der Waals surface area contributed by atoms with Gasteiger partial charge in [0.2, 0.25) is 0 Å². The van der Waals surface area contributed by atoms with Gasteiger partial charge in [0, 0.05) is 10.8 Å². The van der Waals surface area contributed by atoms with Crippen molar-refractivity contribution in [3.63, 3.8) is 0 Å². The SMILES string of the molecule is O=C(OCc1nc2sc3c(c2c(=O)[nH]1)CCC3)[C@H]1CCCC[C@H]1c1nc2ccccc2s1. The summed E-state index contributed by atoms with van der Waals surface area (Å²) in [6.07, 6.45) is 6.94. The molecule has 8 heteroatoms. The Morgan fingerprint density at radius 1 is 1.09 bits per heavy atom. The molecule has 6 rings (SSSR count). The third-order valence-electron chi connectivity index (χ3n) is 6.67. The molecule has 32 heavy (non-hydrogen) atoms. The molecular weight excluding hydrogens is 442 g/mol. The minimum Gasteiger partial charge on any atom is -0.457 e. The molecule has 2 aliphatic carbocycles.